The van der Waals surface area contributed by atoms with E-state index in [0.717, 1.165) is 18.4 Å². The third kappa shape index (κ3) is 3.31. The SMILES string of the molecule is CCCc1c(Cl)ncnc1NC(CC)(CO)CO. The fourth-order valence-electron chi connectivity index (χ4n) is 1.66. The van der Waals surface area contributed by atoms with Crippen LogP contribution in [-0.2, 0) is 6.42 Å². The predicted octanol–water partition coefficient (Wildman–Crippen LogP) is 1.63. The Hall–Kier alpha value is -0.910. The fraction of sp³-hybridized carbons (Fsp3) is 0.667. The van der Waals surface area contributed by atoms with Gasteiger partial charge in [0.1, 0.15) is 17.3 Å². The van der Waals surface area contributed by atoms with Crippen LogP contribution in [-0.4, -0.2) is 38.9 Å². The van der Waals surface area contributed by atoms with Crippen LogP contribution in [0.5, 0.6) is 0 Å². The number of nitrogens with zero attached hydrogens (tertiary/aromatic N) is 2. The molecule has 102 valence electrons. The first-order valence-corrected chi connectivity index (χ1v) is 6.49. The summed E-state index contributed by atoms with van der Waals surface area (Å²) in [5.41, 5.74) is 0.0431. The second kappa shape index (κ2) is 6.87. The van der Waals surface area contributed by atoms with Gasteiger partial charge in [-0.25, -0.2) is 9.97 Å². The summed E-state index contributed by atoms with van der Waals surface area (Å²) in [7, 11) is 0. The third-order valence-corrected chi connectivity index (χ3v) is 3.38. The summed E-state index contributed by atoms with van der Waals surface area (Å²) in [6.45, 7) is 3.58. The smallest absolute Gasteiger partial charge is 0.137 e. The number of anilines is 1. The Bertz CT molecular complexity index is 375. The molecular formula is C12H20ClN3O2. The zero-order valence-corrected chi connectivity index (χ0v) is 11.5. The highest BCUT2D eigenvalue weighted by molar-refractivity contribution is 6.30. The van der Waals surface area contributed by atoms with Gasteiger partial charge in [-0.1, -0.05) is 31.9 Å². The van der Waals surface area contributed by atoms with E-state index in [9.17, 15) is 10.2 Å². The van der Waals surface area contributed by atoms with E-state index in [1.54, 1.807) is 0 Å². The van der Waals surface area contributed by atoms with Crippen LogP contribution in [0.25, 0.3) is 0 Å². The molecule has 5 nitrogen and oxygen atoms in total. The molecule has 1 rings (SSSR count). The van der Waals surface area contributed by atoms with Crippen molar-refractivity contribution >= 4 is 17.4 Å². The van der Waals surface area contributed by atoms with Crippen molar-refractivity contribution in [1.29, 1.82) is 0 Å². The second-order valence-electron chi connectivity index (χ2n) is 4.32. The van der Waals surface area contributed by atoms with Crippen LogP contribution in [0.4, 0.5) is 5.82 Å². The molecule has 0 saturated carbocycles. The zero-order chi connectivity index (χ0) is 13.6. The van der Waals surface area contributed by atoms with Crippen LogP contribution in [0.3, 0.4) is 0 Å². The molecule has 1 aromatic rings. The average molecular weight is 274 g/mol. The maximum atomic E-state index is 9.43. The molecule has 0 aromatic carbocycles. The lowest BCUT2D eigenvalue weighted by Gasteiger charge is -2.31. The van der Waals surface area contributed by atoms with Gasteiger partial charge in [0.15, 0.2) is 0 Å². The Morgan fingerprint density at radius 3 is 2.44 bits per heavy atom. The summed E-state index contributed by atoms with van der Waals surface area (Å²) in [5.74, 6) is 0.585. The molecule has 3 N–H and O–H groups in total. The third-order valence-electron chi connectivity index (χ3n) is 3.06. The molecule has 0 spiro atoms. The molecule has 0 aliphatic carbocycles. The van der Waals surface area contributed by atoms with Crippen molar-refractivity contribution < 1.29 is 10.2 Å². The summed E-state index contributed by atoms with van der Waals surface area (Å²) < 4.78 is 0. The normalized spacial score (nSPS) is 11.6. The number of aromatic nitrogens is 2. The van der Waals surface area contributed by atoms with Crippen LogP contribution in [0.15, 0.2) is 6.33 Å². The molecule has 0 radical (unpaired) electrons. The Kier molecular flexibility index (Phi) is 5.78. The maximum Gasteiger partial charge on any atom is 0.137 e. The van der Waals surface area contributed by atoms with Crippen molar-refractivity contribution in [3.05, 3.63) is 17.0 Å². The summed E-state index contributed by atoms with van der Waals surface area (Å²) in [6, 6.07) is 0. The van der Waals surface area contributed by atoms with E-state index in [4.69, 9.17) is 11.6 Å². The number of aliphatic hydroxyl groups is 2. The standard InChI is InChI=1S/C12H20ClN3O2/c1-3-5-9-10(13)14-8-15-11(9)16-12(4-2,6-17)7-18/h8,17-18H,3-7H2,1-2H3,(H,14,15,16). The van der Waals surface area contributed by atoms with Gasteiger partial charge in [-0.2, -0.15) is 0 Å². The molecular weight excluding hydrogens is 254 g/mol. The minimum Gasteiger partial charge on any atom is -0.394 e. The quantitative estimate of drug-likeness (QED) is 0.658. The molecule has 0 atom stereocenters. The van der Waals surface area contributed by atoms with Crippen LogP contribution < -0.4 is 5.32 Å². The van der Waals surface area contributed by atoms with Crippen LogP contribution in [0, 0.1) is 0 Å². The molecule has 18 heavy (non-hydrogen) atoms. The number of rotatable bonds is 7. The Labute approximate surface area is 112 Å². The minimum absolute atomic E-state index is 0.173. The summed E-state index contributed by atoms with van der Waals surface area (Å²) >= 11 is 6.05. The Morgan fingerprint density at radius 1 is 1.28 bits per heavy atom. The van der Waals surface area contributed by atoms with Crippen molar-refractivity contribution in [3.63, 3.8) is 0 Å². The van der Waals surface area contributed by atoms with E-state index in [1.165, 1.54) is 6.33 Å². The highest BCUT2D eigenvalue weighted by Crippen LogP contribution is 2.25. The van der Waals surface area contributed by atoms with Crippen LogP contribution in [0.1, 0.15) is 32.3 Å². The van der Waals surface area contributed by atoms with Gasteiger partial charge in [0, 0.05) is 5.56 Å². The van der Waals surface area contributed by atoms with E-state index in [2.05, 4.69) is 15.3 Å². The minimum atomic E-state index is -0.778. The number of hydrogen-bond acceptors (Lipinski definition) is 5. The van der Waals surface area contributed by atoms with E-state index in [0.29, 0.717) is 17.4 Å². The van der Waals surface area contributed by atoms with Gasteiger partial charge < -0.3 is 15.5 Å². The first-order valence-electron chi connectivity index (χ1n) is 6.11. The van der Waals surface area contributed by atoms with E-state index in [1.807, 2.05) is 13.8 Å². The largest absolute Gasteiger partial charge is 0.394 e. The molecule has 0 fully saturated rings. The predicted molar refractivity (Wildman–Crippen MR) is 71.9 cm³/mol. The zero-order valence-electron chi connectivity index (χ0n) is 10.8. The highest BCUT2D eigenvalue weighted by Gasteiger charge is 2.28. The second-order valence-corrected chi connectivity index (χ2v) is 4.67. The van der Waals surface area contributed by atoms with Gasteiger partial charge in [-0.3, -0.25) is 0 Å². The van der Waals surface area contributed by atoms with Gasteiger partial charge in [-0.15, -0.1) is 0 Å². The van der Waals surface area contributed by atoms with Crippen LogP contribution >= 0.6 is 11.6 Å². The molecule has 1 heterocycles. The molecule has 0 aliphatic heterocycles. The number of nitrogens with one attached hydrogen (secondary N) is 1. The van der Waals surface area contributed by atoms with E-state index >= 15 is 0 Å². The van der Waals surface area contributed by atoms with Crippen molar-refractivity contribution in [2.24, 2.45) is 0 Å². The molecule has 6 heteroatoms. The highest BCUT2D eigenvalue weighted by atomic mass is 35.5. The fourth-order valence-corrected chi connectivity index (χ4v) is 1.89. The first-order chi connectivity index (χ1) is 8.62. The van der Waals surface area contributed by atoms with Crippen LogP contribution in [0.2, 0.25) is 5.15 Å². The van der Waals surface area contributed by atoms with Crippen molar-refractivity contribution in [2.75, 3.05) is 18.5 Å². The first kappa shape index (κ1) is 15.1. The number of hydrogen-bond donors (Lipinski definition) is 3. The Morgan fingerprint density at radius 2 is 1.94 bits per heavy atom. The van der Waals surface area contributed by atoms with E-state index < -0.39 is 5.54 Å². The van der Waals surface area contributed by atoms with Gasteiger partial charge >= 0.3 is 0 Å². The maximum absolute atomic E-state index is 9.43. The van der Waals surface area contributed by atoms with Crippen molar-refractivity contribution in [1.82, 2.24) is 9.97 Å². The molecule has 0 bridgehead atoms. The van der Waals surface area contributed by atoms with E-state index in [-0.39, 0.29) is 13.2 Å². The Balaban J connectivity index is 3.05. The van der Waals surface area contributed by atoms with Crippen molar-refractivity contribution in [3.8, 4) is 0 Å². The average Bonchev–Trinajstić information content (AvgIpc) is 2.40. The van der Waals surface area contributed by atoms with Gasteiger partial charge in [-0.05, 0) is 12.8 Å². The van der Waals surface area contributed by atoms with Crippen molar-refractivity contribution in [2.45, 2.75) is 38.6 Å². The summed E-state index contributed by atoms with van der Waals surface area (Å²) in [5, 5.41) is 22.4. The van der Waals surface area contributed by atoms with Gasteiger partial charge in [0.2, 0.25) is 0 Å². The topological polar surface area (TPSA) is 78.3 Å². The van der Waals surface area contributed by atoms with Gasteiger partial charge in [0.05, 0.1) is 18.8 Å². The number of halogens is 1. The molecule has 0 amide bonds. The lowest BCUT2D eigenvalue weighted by Crippen LogP contribution is -2.45. The molecule has 0 aliphatic rings. The molecule has 1 aromatic heterocycles. The molecule has 0 unspecified atom stereocenters. The molecule has 0 saturated heterocycles. The summed E-state index contributed by atoms with van der Waals surface area (Å²) in [6.07, 6.45) is 3.62. The monoisotopic (exact) mass is 273 g/mol. The number of aliphatic hydroxyl groups excluding tert-OH is 2. The lowest BCUT2D eigenvalue weighted by molar-refractivity contribution is 0.132. The lowest BCUT2D eigenvalue weighted by atomic mass is 9.98. The summed E-state index contributed by atoms with van der Waals surface area (Å²) in [4.78, 5) is 8.11. The van der Waals surface area contributed by atoms with Gasteiger partial charge in [0.25, 0.3) is 0 Å².